The number of aromatic amines is 1. The third kappa shape index (κ3) is 9.02. The molecule has 2 fully saturated rings. The molecule has 0 aliphatic carbocycles. The first kappa shape index (κ1) is 37.7. The molecule has 280 valence electrons. The average Bonchev–Trinajstić information content (AvgIpc) is 3.73. The van der Waals surface area contributed by atoms with Crippen LogP contribution in [-0.4, -0.2) is 58.3 Å². The SMILES string of the molecule is Cc1c(COc2cc(OCc3cncc(C#N)c3)c(CN3CCCCC3c3cn[nH]c3)cc2Cl)cccc1-c1cccc(OCC2CCCN(C)C2)c1Cl. The minimum Gasteiger partial charge on any atom is -0.492 e. The highest BCUT2D eigenvalue weighted by Crippen LogP contribution is 2.40. The van der Waals surface area contributed by atoms with Crippen molar-refractivity contribution < 1.29 is 14.2 Å². The Morgan fingerprint density at radius 3 is 2.56 bits per heavy atom. The minimum atomic E-state index is 0.240. The number of benzene rings is 3. The van der Waals surface area contributed by atoms with Gasteiger partial charge in [0.25, 0.3) is 0 Å². The Morgan fingerprint density at radius 2 is 1.72 bits per heavy atom. The van der Waals surface area contributed by atoms with E-state index in [4.69, 9.17) is 37.4 Å². The summed E-state index contributed by atoms with van der Waals surface area (Å²) in [6, 6.07) is 20.2. The van der Waals surface area contributed by atoms with Crippen LogP contribution in [0.4, 0.5) is 0 Å². The van der Waals surface area contributed by atoms with Gasteiger partial charge in [-0.15, -0.1) is 0 Å². The number of halogens is 2. The molecular weight excluding hydrogens is 719 g/mol. The first-order chi connectivity index (χ1) is 26.4. The van der Waals surface area contributed by atoms with Gasteiger partial charge in [-0.25, -0.2) is 0 Å². The van der Waals surface area contributed by atoms with E-state index >= 15 is 0 Å². The van der Waals surface area contributed by atoms with Gasteiger partial charge in [0.2, 0.25) is 0 Å². The van der Waals surface area contributed by atoms with Crippen molar-refractivity contribution in [2.75, 3.05) is 33.3 Å². The third-order valence-corrected chi connectivity index (χ3v) is 11.3. The highest BCUT2D eigenvalue weighted by Gasteiger charge is 2.27. The molecule has 2 atom stereocenters. The van der Waals surface area contributed by atoms with Crippen LogP contribution in [0.1, 0.15) is 71.5 Å². The number of pyridine rings is 1. The fourth-order valence-corrected chi connectivity index (χ4v) is 8.21. The van der Waals surface area contributed by atoms with E-state index in [2.05, 4.69) is 57.2 Å². The lowest BCUT2D eigenvalue weighted by Crippen LogP contribution is -2.34. The van der Waals surface area contributed by atoms with E-state index in [0.717, 1.165) is 72.3 Å². The number of rotatable bonds is 13. The van der Waals surface area contributed by atoms with E-state index in [0.29, 0.717) is 58.5 Å². The molecule has 9 nitrogen and oxygen atoms in total. The van der Waals surface area contributed by atoms with Gasteiger partial charge in [-0.05, 0) is 87.6 Å². The molecule has 0 radical (unpaired) electrons. The second-order valence-electron chi connectivity index (χ2n) is 14.5. The summed E-state index contributed by atoms with van der Waals surface area (Å²) in [4.78, 5) is 9.04. The molecule has 2 aliphatic heterocycles. The van der Waals surface area contributed by atoms with Crippen LogP contribution < -0.4 is 14.2 Å². The number of nitrogens with zero attached hydrogens (tertiary/aromatic N) is 5. The number of aromatic nitrogens is 3. The van der Waals surface area contributed by atoms with Crippen LogP contribution in [0.5, 0.6) is 17.2 Å². The molecule has 0 saturated carbocycles. The molecule has 2 aliphatic rings. The predicted octanol–water partition coefficient (Wildman–Crippen LogP) is 9.56. The van der Waals surface area contributed by atoms with Crippen molar-refractivity contribution in [3.8, 4) is 34.4 Å². The number of likely N-dealkylation sites (tertiary alicyclic amines) is 2. The molecule has 5 aromatic rings. The number of hydrogen-bond donors (Lipinski definition) is 1. The van der Waals surface area contributed by atoms with Gasteiger partial charge in [-0.1, -0.05) is 60.0 Å². The summed E-state index contributed by atoms with van der Waals surface area (Å²) in [6.45, 7) is 7.05. The zero-order valence-electron chi connectivity index (χ0n) is 30.9. The summed E-state index contributed by atoms with van der Waals surface area (Å²) in [6.07, 6.45) is 12.8. The van der Waals surface area contributed by atoms with Gasteiger partial charge in [-0.3, -0.25) is 15.0 Å². The second kappa shape index (κ2) is 17.7. The molecule has 11 heteroatoms. The number of nitriles is 1. The Hall–Kier alpha value is -4.59. The van der Waals surface area contributed by atoms with E-state index in [1.54, 1.807) is 18.5 Å². The molecule has 7 rings (SSSR count). The van der Waals surface area contributed by atoms with Gasteiger partial charge in [-0.2, -0.15) is 10.4 Å². The predicted molar refractivity (Wildman–Crippen MR) is 212 cm³/mol. The fraction of sp³-hybridized carbons (Fsp3) is 0.372. The quantitative estimate of drug-likeness (QED) is 0.127. The van der Waals surface area contributed by atoms with Crippen LogP contribution in [0.2, 0.25) is 10.0 Å². The monoisotopic (exact) mass is 764 g/mol. The average molecular weight is 766 g/mol. The summed E-state index contributed by atoms with van der Waals surface area (Å²) in [5.41, 5.74) is 7.44. The van der Waals surface area contributed by atoms with Crippen molar-refractivity contribution in [2.45, 2.75) is 64.8 Å². The molecule has 54 heavy (non-hydrogen) atoms. The molecular formula is C43H46Cl2N6O3. The van der Waals surface area contributed by atoms with Gasteiger partial charge in [0.15, 0.2) is 0 Å². The molecule has 0 spiro atoms. The number of piperidine rings is 2. The van der Waals surface area contributed by atoms with Gasteiger partial charge in [0.05, 0.1) is 28.4 Å². The van der Waals surface area contributed by atoms with Gasteiger partial charge in [0.1, 0.15) is 36.5 Å². The van der Waals surface area contributed by atoms with Crippen LogP contribution in [0, 0.1) is 24.2 Å². The Balaban J connectivity index is 1.11. The maximum absolute atomic E-state index is 9.41. The normalized spacial score (nSPS) is 17.9. The van der Waals surface area contributed by atoms with Crippen molar-refractivity contribution in [3.63, 3.8) is 0 Å². The van der Waals surface area contributed by atoms with E-state index in [1.165, 1.54) is 18.4 Å². The van der Waals surface area contributed by atoms with Gasteiger partial charge >= 0.3 is 0 Å². The number of ether oxygens (including phenoxy) is 3. The van der Waals surface area contributed by atoms with E-state index < -0.39 is 0 Å². The summed E-state index contributed by atoms with van der Waals surface area (Å²) >= 11 is 14.0. The summed E-state index contributed by atoms with van der Waals surface area (Å²) < 4.78 is 19.2. The fourth-order valence-electron chi connectivity index (χ4n) is 7.69. The van der Waals surface area contributed by atoms with Gasteiger partial charge in [0, 0.05) is 72.0 Å². The first-order valence-corrected chi connectivity index (χ1v) is 19.5. The summed E-state index contributed by atoms with van der Waals surface area (Å²) in [5, 5.41) is 17.7. The summed E-state index contributed by atoms with van der Waals surface area (Å²) in [7, 11) is 2.17. The molecule has 2 unspecified atom stereocenters. The topological polar surface area (TPSA) is 99.5 Å². The van der Waals surface area contributed by atoms with Crippen molar-refractivity contribution >= 4 is 23.2 Å². The lowest BCUT2D eigenvalue weighted by Gasteiger charge is -2.35. The smallest absolute Gasteiger partial charge is 0.142 e. The van der Waals surface area contributed by atoms with E-state index in [-0.39, 0.29) is 12.6 Å². The molecule has 0 amide bonds. The Bertz CT molecular complexity index is 2080. The van der Waals surface area contributed by atoms with Crippen molar-refractivity contribution in [1.82, 2.24) is 25.0 Å². The summed E-state index contributed by atoms with van der Waals surface area (Å²) in [5.74, 6) is 2.39. The molecule has 2 aromatic heterocycles. The zero-order chi connectivity index (χ0) is 37.4. The molecule has 4 heterocycles. The molecule has 2 saturated heterocycles. The third-order valence-electron chi connectivity index (χ3n) is 10.6. The highest BCUT2D eigenvalue weighted by molar-refractivity contribution is 6.35. The van der Waals surface area contributed by atoms with E-state index in [1.807, 2.05) is 48.8 Å². The number of nitrogens with one attached hydrogen (secondary N) is 1. The molecule has 1 N–H and O–H groups in total. The van der Waals surface area contributed by atoms with Crippen molar-refractivity contribution in [2.24, 2.45) is 5.92 Å². The zero-order valence-corrected chi connectivity index (χ0v) is 32.4. The van der Waals surface area contributed by atoms with Crippen LogP contribution in [0.15, 0.2) is 79.4 Å². The first-order valence-electron chi connectivity index (χ1n) is 18.7. The van der Waals surface area contributed by atoms with Crippen molar-refractivity contribution in [1.29, 1.82) is 5.26 Å². The number of H-pyrrole nitrogens is 1. The van der Waals surface area contributed by atoms with Gasteiger partial charge < -0.3 is 19.1 Å². The Morgan fingerprint density at radius 1 is 0.870 bits per heavy atom. The Kier molecular flexibility index (Phi) is 12.4. The van der Waals surface area contributed by atoms with Crippen LogP contribution in [-0.2, 0) is 19.8 Å². The van der Waals surface area contributed by atoms with E-state index in [9.17, 15) is 5.26 Å². The lowest BCUT2D eigenvalue weighted by atomic mass is 9.96. The Labute approximate surface area is 327 Å². The van der Waals surface area contributed by atoms with Crippen LogP contribution in [0.25, 0.3) is 11.1 Å². The van der Waals surface area contributed by atoms with Crippen LogP contribution in [0.3, 0.4) is 0 Å². The highest BCUT2D eigenvalue weighted by atomic mass is 35.5. The minimum absolute atomic E-state index is 0.240. The molecule has 0 bridgehead atoms. The maximum Gasteiger partial charge on any atom is 0.142 e. The largest absolute Gasteiger partial charge is 0.492 e. The number of hydrogen-bond acceptors (Lipinski definition) is 8. The van der Waals surface area contributed by atoms with Crippen molar-refractivity contribution in [3.05, 3.63) is 123 Å². The standard InChI is InChI=1S/C43H46Cl2N6O3/c1-29-33(9-5-10-36(29)37-11-6-13-40(43(37)45)52-26-30-8-7-14-50(2)24-30)28-54-42-18-41(53-27-32-16-31(19-46)20-47-21-32)34(17-38(42)44)25-51-15-4-3-12-39(51)35-22-48-49-23-35/h5-6,9-11,13,16-18,20-23,30,39H,3-4,7-8,12,14-15,24-28H2,1-2H3,(H,48,49). The van der Waals surface area contributed by atoms with Crippen LogP contribution >= 0.6 is 23.2 Å². The lowest BCUT2D eigenvalue weighted by molar-refractivity contribution is 0.138. The molecule has 3 aromatic carbocycles. The maximum atomic E-state index is 9.41. The second-order valence-corrected chi connectivity index (χ2v) is 15.2.